The summed E-state index contributed by atoms with van der Waals surface area (Å²) in [4.78, 5) is 10.9. The smallest absolute Gasteiger partial charge is 0.255 e. The topological polar surface area (TPSA) is 106 Å². The molecular formula is C16H28BrCl2N3O4. The highest BCUT2D eigenvalue weighted by Crippen LogP contribution is 2.36. The molecule has 0 fully saturated rings. The largest absolute Gasteiger partial charge is 0.490 e. The molecule has 0 spiro atoms. The number of aliphatic hydroxyl groups excluding tert-OH is 1. The molecule has 7 nitrogen and oxygen atoms in total. The van der Waals surface area contributed by atoms with Gasteiger partial charge in [-0.05, 0) is 47.5 Å². The van der Waals surface area contributed by atoms with Crippen molar-refractivity contribution < 1.29 is 19.4 Å². The summed E-state index contributed by atoms with van der Waals surface area (Å²) in [6.07, 6.45) is -0.345. The van der Waals surface area contributed by atoms with Crippen LogP contribution in [-0.4, -0.2) is 50.0 Å². The third-order valence-electron chi connectivity index (χ3n) is 2.98. The summed E-state index contributed by atoms with van der Waals surface area (Å²) in [5.41, 5.74) is 6.14. The monoisotopic (exact) mass is 475 g/mol. The van der Waals surface area contributed by atoms with E-state index in [1.165, 1.54) is 0 Å². The molecule has 1 aromatic rings. The van der Waals surface area contributed by atoms with Crippen LogP contribution in [0.5, 0.6) is 11.5 Å². The third-order valence-corrected chi connectivity index (χ3v) is 3.56. The average molecular weight is 477 g/mol. The van der Waals surface area contributed by atoms with Crippen LogP contribution in [0.3, 0.4) is 0 Å². The summed E-state index contributed by atoms with van der Waals surface area (Å²) in [6, 6.07) is 3.79. The first-order chi connectivity index (χ1) is 11.4. The lowest BCUT2D eigenvalue weighted by atomic mass is 10.2. The van der Waals surface area contributed by atoms with Gasteiger partial charge in [0.25, 0.3) is 5.91 Å². The summed E-state index contributed by atoms with van der Waals surface area (Å²) in [6.45, 7) is 6.68. The number of rotatable bonds is 12. The number of aliphatic hydroxyl groups is 1. The highest BCUT2D eigenvalue weighted by atomic mass is 79.9. The quantitative estimate of drug-likeness (QED) is 0.341. The van der Waals surface area contributed by atoms with Crippen molar-refractivity contribution in [2.45, 2.75) is 26.5 Å². The molecule has 1 amide bonds. The van der Waals surface area contributed by atoms with Crippen LogP contribution in [-0.2, 0) is 11.3 Å². The Morgan fingerprint density at radius 2 is 1.92 bits per heavy atom. The van der Waals surface area contributed by atoms with Gasteiger partial charge in [0.2, 0.25) is 0 Å². The van der Waals surface area contributed by atoms with E-state index in [9.17, 15) is 4.79 Å². The molecule has 0 radical (unpaired) electrons. The van der Waals surface area contributed by atoms with Crippen molar-refractivity contribution in [1.29, 1.82) is 0 Å². The van der Waals surface area contributed by atoms with Crippen molar-refractivity contribution in [3.63, 3.8) is 0 Å². The fourth-order valence-electron chi connectivity index (χ4n) is 1.99. The molecule has 1 aromatic carbocycles. The minimum Gasteiger partial charge on any atom is -0.490 e. The van der Waals surface area contributed by atoms with Gasteiger partial charge in [-0.25, -0.2) is 0 Å². The van der Waals surface area contributed by atoms with Gasteiger partial charge in [0.1, 0.15) is 0 Å². The summed E-state index contributed by atoms with van der Waals surface area (Å²) in [7, 11) is 0. The summed E-state index contributed by atoms with van der Waals surface area (Å²) in [5.74, 6) is 0.495. The number of halogens is 3. The van der Waals surface area contributed by atoms with E-state index in [-0.39, 0.29) is 37.5 Å². The lowest BCUT2D eigenvalue weighted by Gasteiger charge is -2.15. The SMILES string of the molecule is CCOc1cc(CNCCNCC(C)O)cc(Br)c1OCC(N)=O.Cl.Cl. The second kappa shape index (κ2) is 15.3. The molecule has 1 rings (SSSR count). The van der Waals surface area contributed by atoms with E-state index in [2.05, 4.69) is 26.6 Å². The molecular weight excluding hydrogens is 449 g/mol. The van der Waals surface area contributed by atoms with Crippen molar-refractivity contribution in [3.8, 4) is 11.5 Å². The van der Waals surface area contributed by atoms with Crippen molar-refractivity contribution >= 4 is 46.7 Å². The van der Waals surface area contributed by atoms with Gasteiger partial charge in [0, 0.05) is 26.2 Å². The molecule has 0 aromatic heterocycles. The Balaban J connectivity index is 0. The lowest BCUT2D eigenvalue weighted by molar-refractivity contribution is -0.119. The number of benzene rings is 1. The average Bonchev–Trinajstić information content (AvgIpc) is 2.49. The molecule has 0 bridgehead atoms. The summed E-state index contributed by atoms with van der Waals surface area (Å²) in [5, 5.41) is 15.6. The Bertz CT molecular complexity index is 536. The predicted molar refractivity (Wildman–Crippen MR) is 111 cm³/mol. The van der Waals surface area contributed by atoms with Gasteiger partial charge in [-0.1, -0.05) is 0 Å². The van der Waals surface area contributed by atoms with Gasteiger partial charge in [-0.3, -0.25) is 4.79 Å². The fourth-order valence-corrected chi connectivity index (χ4v) is 2.59. The van der Waals surface area contributed by atoms with Crippen molar-refractivity contribution in [2.75, 3.05) is 32.8 Å². The Morgan fingerprint density at radius 1 is 1.27 bits per heavy atom. The predicted octanol–water partition coefficient (Wildman–Crippen LogP) is 1.62. The molecule has 0 saturated heterocycles. The van der Waals surface area contributed by atoms with Crippen LogP contribution in [0.4, 0.5) is 0 Å². The number of amides is 1. The number of hydrogen-bond acceptors (Lipinski definition) is 6. The Hall–Kier alpha value is -0.770. The number of hydrogen-bond donors (Lipinski definition) is 4. The second-order valence-electron chi connectivity index (χ2n) is 5.32. The van der Waals surface area contributed by atoms with E-state index in [1.807, 2.05) is 19.1 Å². The minimum absolute atomic E-state index is 0. The molecule has 0 aliphatic heterocycles. The summed E-state index contributed by atoms with van der Waals surface area (Å²) < 4.78 is 11.7. The van der Waals surface area contributed by atoms with Gasteiger partial charge in [0.05, 0.1) is 17.2 Å². The fraction of sp³-hybridized carbons (Fsp3) is 0.562. The first-order valence-corrected chi connectivity index (χ1v) is 8.69. The van der Waals surface area contributed by atoms with Crippen LogP contribution in [0.1, 0.15) is 19.4 Å². The molecule has 0 heterocycles. The van der Waals surface area contributed by atoms with Gasteiger partial charge in [-0.2, -0.15) is 0 Å². The molecule has 0 aliphatic carbocycles. The number of nitrogens with two attached hydrogens (primary N) is 1. The van der Waals surface area contributed by atoms with E-state index in [0.29, 0.717) is 35.7 Å². The van der Waals surface area contributed by atoms with Crippen LogP contribution >= 0.6 is 40.7 Å². The van der Waals surface area contributed by atoms with Gasteiger partial charge in [0.15, 0.2) is 18.1 Å². The first kappa shape index (κ1) is 27.4. The molecule has 152 valence electrons. The molecule has 10 heteroatoms. The Labute approximate surface area is 175 Å². The first-order valence-electron chi connectivity index (χ1n) is 7.89. The number of carbonyl (C=O) groups is 1. The number of ether oxygens (including phenoxy) is 2. The maximum atomic E-state index is 10.9. The number of primary amides is 1. The minimum atomic E-state index is -0.542. The van der Waals surface area contributed by atoms with Gasteiger partial charge in [-0.15, -0.1) is 24.8 Å². The zero-order chi connectivity index (χ0) is 17.9. The number of nitrogens with one attached hydrogen (secondary N) is 2. The molecule has 26 heavy (non-hydrogen) atoms. The van der Waals surface area contributed by atoms with E-state index in [0.717, 1.165) is 18.7 Å². The van der Waals surface area contributed by atoms with E-state index in [1.54, 1.807) is 6.92 Å². The van der Waals surface area contributed by atoms with E-state index >= 15 is 0 Å². The highest BCUT2D eigenvalue weighted by Gasteiger charge is 2.13. The van der Waals surface area contributed by atoms with Gasteiger partial charge < -0.3 is 30.9 Å². The van der Waals surface area contributed by atoms with E-state index in [4.69, 9.17) is 20.3 Å². The van der Waals surface area contributed by atoms with Crippen LogP contribution in [0.15, 0.2) is 16.6 Å². The van der Waals surface area contributed by atoms with Crippen LogP contribution in [0.25, 0.3) is 0 Å². The normalized spacial score (nSPS) is 11.1. The number of carbonyl (C=O) groups excluding carboxylic acids is 1. The van der Waals surface area contributed by atoms with E-state index < -0.39 is 5.91 Å². The Morgan fingerprint density at radius 3 is 2.50 bits per heavy atom. The molecule has 0 saturated carbocycles. The van der Waals surface area contributed by atoms with Gasteiger partial charge >= 0.3 is 0 Å². The summed E-state index contributed by atoms with van der Waals surface area (Å²) >= 11 is 3.44. The van der Waals surface area contributed by atoms with Crippen molar-refractivity contribution in [1.82, 2.24) is 10.6 Å². The van der Waals surface area contributed by atoms with Crippen molar-refractivity contribution in [2.24, 2.45) is 5.73 Å². The third kappa shape index (κ3) is 11.1. The Kier molecular flexibility index (Phi) is 16.2. The maximum absolute atomic E-state index is 10.9. The highest BCUT2D eigenvalue weighted by molar-refractivity contribution is 9.10. The molecule has 0 aliphatic rings. The molecule has 5 N–H and O–H groups in total. The van der Waals surface area contributed by atoms with Crippen LogP contribution in [0.2, 0.25) is 0 Å². The zero-order valence-corrected chi connectivity index (χ0v) is 18.1. The zero-order valence-electron chi connectivity index (χ0n) is 14.9. The molecule has 1 unspecified atom stereocenters. The van der Waals surface area contributed by atoms with Crippen LogP contribution < -0.4 is 25.8 Å². The van der Waals surface area contributed by atoms with Crippen LogP contribution in [0, 0.1) is 0 Å². The lowest BCUT2D eigenvalue weighted by Crippen LogP contribution is -2.31. The standard InChI is InChI=1S/C16H26BrN3O4.2ClH/c1-3-23-14-7-12(9-20-5-4-19-8-11(2)21)6-13(17)16(14)24-10-15(18)22;;/h6-7,11,19-21H,3-5,8-10H2,1-2H3,(H2,18,22);2*1H. The van der Waals surface area contributed by atoms with Crippen molar-refractivity contribution in [3.05, 3.63) is 22.2 Å². The maximum Gasteiger partial charge on any atom is 0.255 e. The second-order valence-corrected chi connectivity index (χ2v) is 6.18. The molecule has 1 atom stereocenters.